The van der Waals surface area contributed by atoms with E-state index in [1.54, 1.807) is 7.11 Å². The Kier molecular flexibility index (Phi) is 5.44. The third-order valence-electron chi connectivity index (χ3n) is 3.92. The molecular weight excluding hydrogens is 250 g/mol. The molecule has 2 atom stereocenters. The molecule has 0 radical (unpaired) electrons. The smallest absolute Gasteiger partial charge is 0.121 e. The van der Waals surface area contributed by atoms with Crippen molar-refractivity contribution in [2.24, 2.45) is 11.8 Å². The predicted molar refractivity (Wildman–Crippen MR) is 82.2 cm³/mol. The highest BCUT2D eigenvalue weighted by atomic mass is 16.5. The lowest BCUT2D eigenvalue weighted by Crippen LogP contribution is -2.28. The molecule has 1 aromatic rings. The van der Waals surface area contributed by atoms with E-state index in [0.717, 1.165) is 31.9 Å². The Balaban J connectivity index is 2.01. The van der Waals surface area contributed by atoms with E-state index in [9.17, 15) is 0 Å². The molecule has 1 heterocycles. The second kappa shape index (κ2) is 7.09. The number of aryl methyl sites for hydroxylation is 1. The Labute approximate surface area is 122 Å². The fourth-order valence-corrected chi connectivity index (χ4v) is 2.85. The lowest BCUT2D eigenvalue weighted by atomic mass is 9.94. The maximum Gasteiger partial charge on any atom is 0.121 e. The molecule has 0 amide bonds. The van der Waals surface area contributed by atoms with Crippen LogP contribution in [0, 0.1) is 18.8 Å². The number of hydrogen-bond donors (Lipinski definition) is 1. The molecule has 20 heavy (non-hydrogen) atoms. The summed E-state index contributed by atoms with van der Waals surface area (Å²) in [6.07, 6.45) is 1.36. The van der Waals surface area contributed by atoms with Gasteiger partial charge in [-0.25, -0.2) is 0 Å². The van der Waals surface area contributed by atoms with Gasteiger partial charge in [0.15, 0.2) is 0 Å². The maximum atomic E-state index is 5.96. The number of hydrogen-bond acceptors (Lipinski definition) is 3. The molecule has 0 saturated carbocycles. The molecule has 112 valence electrons. The van der Waals surface area contributed by atoms with Gasteiger partial charge in [-0.2, -0.15) is 0 Å². The lowest BCUT2D eigenvalue weighted by Gasteiger charge is -2.21. The van der Waals surface area contributed by atoms with Crippen molar-refractivity contribution in [1.82, 2.24) is 5.32 Å². The Morgan fingerprint density at radius 2 is 2.20 bits per heavy atom. The van der Waals surface area contributed by atoms with Crippen molar-refractivity contribution in [3.63, 3.8) is 0 Å². The van der Waals surface area contributed by atoms with Crippen LogP contribution in [0.15, 0.2) is 18.2 Å². The van der Waals surface area contributed by atoms with Gasteiger partial charge in [-0.15, -0.1) is 0 Å². The van der Waals surface area contributed by atoms with Gasteiger partial charge in [-0.1, -0.05) is 19.9 Å². The minimum Gasteiger partial charge on any atom is -0.496 e. The fourth-order valence-electron chi connectivity index (χ4n) is 2.85. The van der Waals surface area contributed by atoms with Crippen LogP contribution in [0.1, 0.15) is 37.5 Å². The molecule has 3 heteroatoms. The summed E-state index contributed by atoms with van der Waals surface area (Å²) in [6, 6.07) is 6.38. The van der Waals surface area contributed by atoms with Crippen molar-refractivity contribution >= 4 is 0 Å². The number of ether oxygens (including phenoxy) is 2. The Morgan fingerprint density at radius 3 is 2.85 bits per heavy atom. The van der Waals surface area contributed by atoms with E-state index < -0.39 is 0 Å². The van der Waals surface area contributed by atoms with Gasteiger partial charge < -0.3 is 14.8 Å². The Hall–Kier alpha value is -1.06. The zero-order chi connectivity index (χ0) is 14.5. The topological polar surface area (TPSA) is 30.5 Å². The summed E-state index contributed by atoms with van der Waals surface area (Å²) >= 11 is 0. The molecule has 0 bridgehead atoms. The Morgan fingerprint density at radius 1 is 1.40 bits per heavy atom. The zero-order valence-corrected chi connectivity index (χ0v) is 13.1. The quantitative estimate of drug-likeness (QED) is 0.865. The van der Waals surface area contributed by atoms with Crippen LogP contribution in [0.5, 0.6) is 5.75 Å². The van der Waals surface area contributed by atoms with Gasteiger partial charge in [0.25, 0.3) is 0 Å². The predicted octanol–water partition coefficient (Wildman–Crippen LogP) is 3.33. The van der Waals surface area contributed by atoms with Crippen LogP contribution in [-0.4, -0.2) is 26.8 Å². The van der Waals surface area contributed by atoms with Crippen molar-refractivity contribution in [3.8, 4) is 5.75 Å². The van der Waals surface area contributed by atoms with E-state index in [2.05, 4.69) is 38.2 Å². The van der Waals surface area contributed by atoms with Gasteiger partial charge in [0.2, 0.25) is 0 Å². The number of nitrogens with one attached hydrogen (secondary N) is 1. The van der Waals surface area contributed by atoms with Crippen LogP contribution >= 0.6 is 0 Å². The van der Waals surface area contributed by atoms with Gasteiger partial charge in [0, 0.05) is 19.1 Å². The van der Waals surface area contributed by atoms with Gasteiger partial charge in [0.1, 0.15) is 5.75 Å². The number of rotatable bonds is 6. The molecule has 1 fully saturated rings. The molecular formula is C17H27NO2. The summed E-state index contributed by atoms with van der Waals surface area (Å²) in [7, 11) is 1.71. The van der Waals surface area contributed by atoms with Gasteiger partial charge in [0.05, 0.1) is 13.2 Å². The summed E-state index contributed by atoms with van der Waals surface area (Å²) in [4.78, 5) is 0. The van der Waals surface area contributed by atoms with E-state index in [1.807, 2.05) is 6.07 Å². The highest BCUT2D eigenvalue weighted by Gasteiger charge is 2.29. The van der Waals surface area contributed by atoms with Crippen molar-refractivity contribution in [2.75, 3.05) is 26.8 Å². The first-order valence-corrected chi connectivity index (χ1v) is 7.58. The molecule has 0 aromatic heterocycles. The third kappa shape index (κ3) is 3.74. The minimum absolute atomic E-state index is 0.222. The second-order valence-corrected chi connectivity index (χ2v) is 6.12. The molecule has 0 aliphatic carbocycles. The monoisotopic (exact) mass is 277 g/mol. The van der Waals surface area contributed by atoms with Crippen LogP contribution < -0.4 is 10.1 Å². The van der Waals surface area contributed by atoms with E-state index in [1.165, 1.54) is 11.1 Å². The number of benzene rings is 1. The van der Waals surface area contributed by atoms with E-state index in [-0.39, 0.29) is 6.10 Å². The molecule has 0 spiro atoms. The van der Waals surface area contributed by atoms with E-state index in [0.29, 0.717) is 11.8 Å². The average Bonchev–Trinajstić information content (AvgIpc) is 2.86. The van der Waals surface area contributed by atoms with Crippen molar-refractivity contribution in [1.29, 1.82) is 0 Å². The van der Waals surface area contributed by atoms with Gasteiger partial charge >= 0.3 is 0 Å². The largest absolute Gasteiger partial charge is 0.496 e. The SMILES string of the molecule is COc1ccc(C2OCCC2CNCC(C)C)cc1C. The lowest BCUT2D eigenvalue weighted by molar-refractivity contribution is 0.0903. The molecule has 2 rings (SSSR count). The second-order valence-electron chi connectivity index (χ2n) is 6.12. The fraction of sp³-hybridized carbons (Fsp3) is 0.647. The molecule has 1 aliphatic rings. The molecule has 2 unspecified atom stereocenters. The third-order valence-corrected chi connectivity index (χ3v) is 3.92. The summed E-state index contributed by atoms with van der Waals surface area (Å²) in [5, 5.41) is 3.56. The summed E-state index contributed by atoms with van der Waals surface area (Å²) in [5.41, 5.74) is 2.45. The zero-order valence-electron chi connectivity index (χ0n) is 13.1. The van der Waals surface area contributed by atoms with Gasteiger partial charge in [-0.05, 0) is 49.1 Å². The first-order chi connectivity index (χ1) is 9.61. The van der Waals surface area contributed by atoms with Crippen LogP contribution in [0.3, 0.4) is 0 Å². The highest BCUT2D eigenvalue weighted by Crippen LogP contribution is 2.35. The van der Waals surface area contributed by atoms with Crippen molar-refractivity contribution in [3.05, 3.63) is 29.3 Å². The molecule has 1 N–H and O–H groups in total. The Bertz CT molecular complexity index is 431. The standard InChI is InChI=1S/C17H27NO2/c1-12(2)10-18-11-15-7-8-20-17(15)14-5-6-16(19-4)13(3)9-14/h5-6,9,12,15,17-18H,7-8,10-11H2,1-4H3. The van der Waals surface area contributed by atoms with Crippen LogP contribution in [-0.2, 0) is 4.74 Å². The molecule has 1 aromatic carbocycles. The highest BCUT2D eigenvalue weighted by molar-refractivity contribution is 5.37. The molecule has 1 aliphatic heterocycles. The van der Waals surface area contributed by atoms with E-state index >= 15 is 0 Å². The summed E-state index contributed by atoms with van der Waals surface area (Å²) < 4.78 is 11.3. The molecule has 3 nitrogen and oxygen atoms in total. The summed E-state index contributed by atoms with van der Waals surface area (Å²) in [5.74, 6) is 2.21. The van der Waals surface area contributed by atoms with Crippen LogP contribution in [0.25, 0.3) is 0 Å². The van der Waals surface area contributed by atoms with Crippen molar-refractivity contribution in [2.45, 2.75) is 33.3 Å². The normalized spacial score (nSPS) is 22.4. The number of methoxy groups -OCH3 is 1. The minimum atomic E-state index is 0.222. The first-order valence-electron chi connectivity index (χ1n) is 7.58. The average molecular weight is 277 g/mol. The van der Waals surface area contributed by atoms with Gasteiger partial charge in [-0.3, -0.25) is 0 Å². The van der Waals surface area contributed by atoms with Crippen molar-refractivity contribution < 1.29 is 9.47 Å². The first kappa shape index (κ1) is 15.3. The van der Waals surface area contributed by atoms with Crippen LogP contribution in [0.4, 0.5) is 0 Å². The molecule has 1 saturated heterocycles. The van der Waals surface area contributed by atoms with Crippen LogP contribution in [0.2, 0.25) is 0 Å². The maximum absolute atomic E-state index is 5.96. The van der Waals surface area contributed by atoms with E-state index in [4.69, 9.17) is 9.47 Å². The summed E-state index contributed by atoms with van der Waals surface area (Å²) in [6.45, 7) is 9.54.